The topological polar surface area (TPSA) is 110 Å². The number of nitrogens with one attached hydrogen (secondary N) is 1. The Morgan fingerprint density at radius 2 is 1.65 bits per heavy atom. The van der Waals surface area contributed by atoms with Gasteiger partial charge in [-0.3, -0.25) is 4.90 Å². The summed E-state index contributed by atoms with van der Waals surface area (Å²) in [6, 6.07) is 17.0. The Bertz CT molecular complexity index is 1190. The van der Waals surface area contributed by atoms with E-state index in [9.17, 15) is 0 Å². The number of anilines is 1. The average molecular weight is 421 g/mol. The highest BCUT2D eigenvalue weighted by Gasteiger charge is 2.20. The zero-order valence-corrected chi connectivity index (χ0v) is 16.8. The normalized spacial score (nSPS) is 14.4. The van der Waals surface area contributed by atoms with Gasteiger partial charge in [-0.1, -0.05) is 24.3 Å². The van der Waals surface area contributed by atoms with Crippen LogP contribution in [0.3, 0.4) is 0 Å². The largest absolute Gasteiger partial charge is 0.473 e. The van der Waals surface area contributed by atoms with Crippen molar-refractivity contribution in [3.63, 3.8) is 0 Å². The van der Waals surface area contributed by atoms with E-state index in [1.165, 1.54) is 27.5 Å². The number of piperazine rings is 1. The van der Waals surface area contributed by atoms with Gasteiger partial charge in [0.2, 0.25) is 0 Å². The number of hydrogen-bond acceptors (Lipinski definition) is 5. The predicted octanol–water partition coefficient (Wildman–Crippen LogP) is 3.39. The first-order valence-corrected chi connectivity index (χ1v) is 9.97. The van der Waals surface area contributed by atoms with E-state index in [1.54, 1.807) is 0 Å². The molecule has 160 valence electrons. The second-order valence-corrected chi connectivity index (χ2v) is 7.35. The lowest BCUT2D eigenvalue weighted by molar-refractivity contribution is -0.159. The Hall–Kier alpha value is -3.78. The van der Waals surface area contributed by atoms with Crippen molar-refractivity contribution in [1.82, 2.24) is 9.88 Å². The van der Waals surface area contributed by atoms with Crippen LogP contribution in [-0.4, -0.2) is 58.2 Å². The van der Waals surface area contributed by atoms with Crippen LogP contribution in [0.4, 0.5) is 5.69 Å². The van der Waals surface area contributed by atoms with Crippen LogP contribution >= 0.6 is 0 Å². The van der Waals surface area contributed by atoms with E-state index >= 15 is 0 Å². The van der Waals surface area contributed by atoms with Crippen molar-refractivity contribution in [1.29, 1.82) is 0 Å². The van der Waals surface area contributed by atoms with Gasteiger partial charge in [-0.05, 0) is 24.3 Å². The molecule has 3 heterocycles. The van der Waals surface area contributed by atoms with Crippen LogP contribution in [0.25, 0.3) is 21.9 Å². The van der Waals surface area contributed by atoms with Crippen molar-refractivity contribution >= 4 is 39.5 Å². The number of rotatable bonds is 3. The Balaban J connectivity index is 0.000000342. The van der Waals surface area contributed by atoms with Gasteiger partial charge >= 0.3 is 11.9 Å². The van der Waals surface area contributed by atoms with Gasteiger partial charge in [0.05, 0.1) is 6.26 Å². The first-order valence-electron chi connectivity index (χ1n) is 9.97. The minimum Gasteiger partial charge on any atom is -0.473 e. The summed E-state index contributed by atoms with van der Waals surface area (Å²) in [5.74, 6) is -3.65. The van der Waals surface area contributed by atoms with Crippen LogP contribution in [0.15, 0.2) is 65.4 Å². The molecule has 0 saturated carbocycles. The number of aromatic nitrogens is 1. The molecule has 8 nitrogen and oxygen atoms in total. The third-order valence-electron chi connectivity index (χ3n) is 5.42. The maximum absolute atomic E-state index is 9.10. The van der Waals surface area contributed by atoms with Crippen LogP contribution in [-0.2, 0) is 16.1 Å². The molecular weight excluding hydrogens is 398 g/mol. The first kappa shape index (κ1) is 20.5. The molecule has 1 aliphatic rings. The minimum absolute atomic E-state index is 0.958. The van der Waals surface area contributed by atoms with Gasteiger partial charge in [0, 0.05) is 66.5 Å². The number of nitrogens with zero attached hydrogens (tertiary/aromatic N) is 2. The van der Waals surface area contributed by atoms with Crippen molar-refractivity contribution in [3.8, 4) is 0 Å². The van der Waals surface area contributed by atoms with Crippen molar-refractivity contribution < 1.29 is 24.2 Å². The molecule has 0 atom stereocenters. The molecule has 1 fully saturated rings. The summed E-state index contributed by atoms with van der Waals surface area (Å²) in [5.41, 5.74) is 4.82. The number of benzene rings is 2. The zero-order chi connectivity index (χ0) is 21.8. The first-order chi connectivity index (χ1) is 15.0. The molecule has 0 bridgehead atoms. The minimum atomic E-state index is -1.82. The number of aliphatic carboxylic acids is 2. The fraction of sp³-hybridized carbons (Fsp3) is 0.217. The van der Waals surface area contributed by atoms with E-state index in [4.69, 9.17) is 24.2 Å². The quantitative estimate of drug-likeness (QED) is 0.435. The fourth-order valence-electron chi connectivity index (χ4n) is 3.89. The maximum atomic E-state index is 9.10. The number of para-hydroxylation sites is 1. The smallest absolute Gasteiger partial charge is 0.414 e. The molecule has 1 saturated heterocycles. The summed E-state index contributed by atoms with van der Waals surface area (Å²) < 4.78 is 5.68. The highest BCUT2D eigenvalue weighted by atomic mass is 16.4. The lowest BCUT2D eigenvalue weighted by Gasteiger charge is -2.36. The van der Waals surface area contributed by atoms with Crippen molar-refractivity contribution in [3.05, 3.63) is 66.6 Å². The van der Waals surface area contributed by atoms with Gasteiger partial charge in [0.1, 0.15) is 5.58 Å². The number of fused-ring (bicyclic) bond motifs is 2. The number of H-pyrrole nitrogens is 1. The molecule has 0 amide bonds. The third-order valence-corrected chi connectivity index (χ3v) is 5.42. The van der Waals surface area contributed by atoms with E-state index in [0.717, 1.165) is 38.3 Å². The Kier molecular flexibility index (Phi) is 5.90. The molecule has 0 radical (unpaired) electrons. The van der Waals surface area contributed by atoms with E-state index < -0.39 is 11.9 Å². The molecule has 8 heteroatoms. The molecule has 0 unspecified atom stereocenters. The summed E-state index contributed by atoms with van der Waals surface area (Å²) >= 11 is 0. The Morgan fingerprint density at radius 1 is 0.903 bits per heavy atom. The molecule has 5 rings (SSSR count). The lowest BCUT2D eigenvalue weighted by Crippen LogP contribution is -2.46. The molecule has 3 N–H and O–H groups in total. The summed E-state index contributed by atoms with van der Waals surface area (Å²) in [6.45, 7) is 5.21. The van der Waals surface area contributed by atoms with Gasteiger partial charge in [0.25, 0.3) is 0 Å². The van der Waals surface area contributed by atoms with Gasteiger partial charge in [-0.2, -0.15) is 0 Å². The SMILES string of the molecule is O=C(O)C(=O)O.c1cc(N2CCN(Cc3coc4ccccc34)CC2)c2cc[nH]c2c1. The molecule has 0 aliphatic carbocycles. The number of carboxylic acid groups (broad SMARTS) is 2. The van der Waals surface area contributed by atoms with Crippen LogP contribution < -0.4 is 4.90 Å². The Morgan fingerprint density at radius 3 is 2.39 bits per heavy atom. The van der Waals surface area contributed by atoms with Gasteiger partial charge in [-0.15, -0.1) is 0 Å². The van der Waals surface area contributed by atoms with Crippen molar-refractivity contribution in [2.75, 3.05) is 31.1 Å². The summed E-state index contributed by atoms with van der Waals surface area (Å²) in [5, 5.41) is 17.3. The second kappa shape index (κ2) is 8.93. The van der Waals surface area contributed by atoms with E-state index in [-0.39, 0.29) is 0 Å². The zero-order valence-electron chi connectivity index (χ0n) is 16.8. The second-order valence-electron chi connectivity index (χ2n) is 7.35. The van der Waals surface area contributed by atoms with Crippen LogP contribution in [0, 0.1) is 0 Å². The Labute approximate surface area is 178 Å². The fourth-order valence-corrected chi connectivity index (χ4v) is 3.89. The molecule has 1 aliphatic heterocycles. The number of hydrogen-bond donors (Lipinski definition) is 3. The predicted molar refractivity (Wildman–Crippen MR) is 117 cm³/mol. The maximum Gasteiger partial charge on any atom is 0.414 e. The number of furan rings is 1. The standard InChI is InChI=1S/C21H21N3O.C2H2O4/c1-2-7-21-17(4-1)16(15-25-21)14-23-10-12-24(13-11-23)20-6-3-5-19-18(20)8-9-22-19;3-1(4)2(5)6/h1-9,15,22H,10-14H2;(H,3,4)(H,5,6). The molecule has 2 aromatic heterocycles. The number of carbonyl (C=O) groups is 2. The molecule has 4 aromatic rings. The van der Waals surface area contributed by atoms with Gasteiger partial charge < -0.3 is 24.5 Å². The van der Waals surface area contributed by atoms with Gasteiger partial charge in [0.15, 0.2) is 0 Å². The van der Waals surface area contributed by atoms with Crippen LogP contribution in [0.2, 0.25) is 0 Å². The highest BCUT2D eigenvalue weighted by Crippen LogP contribution is 2.28. The van der Waals surface area contributed by atoms with E-state index in [0.29, 0.717) is 0 Å². The summed E-state index contributed by atoms with van der Waals surface area (Å²) in [7, 11) is 0. The molecule has 31 heavy (non-hydrogen) atoms. The van der Waals surface area contributed by atoms with Crippen molar-refractivity contribution in [2.45, 2.75) is 6.54 Å². The van der Waals surface area contributed by atoms with Crippen molar-refractivity contribution in [2.24, 2.45) is 0 Å². The van der Waals surface area contributed by atoms with E-state index in [2.05, 4.69) is 51.2 Å². The van der Waals surface area contributed by atoms with Gasteiger partial charge in [-0.25, -0.2) is 9.59 Å². The van der Waals surface area contributed by atoms with E-state index in [1.807, 2.05) is 24.6 Å². The summed E-state index contributed by atoms with van der Waals surface area (Å²) in [4.78, 5) is 26.5. The number of aromatic amines is 1. The molecule has 0 spiro atoms. The average Bonchev–Trinajstić information content (AvgIpc) is 3.42. The monoisotopic (exact) mass is 421 g/mol. The highest BCUT2D eigenvalue weighted by molar-refractivity contribution is 6.27. The molecular formula is C23H23N3O5. The van der Waals surface area contributed by atoms with Crippen LogP contribution in [0.5, 0.6) is 0 Å². The summed E-state index contributed by atoms with van der Waals surface area (Å²) in [6.07, 6.45) is 3.94. The van der Waals surface area contributed by atoms with Crippen LogP contribution in [0.1, 0.15) is 5.56 Å². The lowest BCUT2D eigenvalue weighted by atomic mass is 10.1. The molecule has 2 aromatic carbocycles. The third kappa shape index (κ3) is 4.54. The number of carboxylic acids is 2.